The number of hydrogen-bond donors (Lipinski definition) is 3. The molecule has 0 aromatic carbocycles. The molecular weight excluding hydrogens is 480 g/mol. The van der Waals surface area contributed by atoms with Gasteiger partial charge in [-0.2, -0.15) is 0 Å². The molecule has 0 atom stereocenters. The lowest BCUT2D eigenvalue weighted by atomic mass is 9.80. The van der Waals surface area contributed by atoms with Crippen LogP contribution in [0.1, 0.15) is 162 Å². The molecule has 222 valence electrons. The Labute approximate surface area is 236 Å². The zero-order valence-corrected chi connectivity index (χ0v) is 25.9. The minimum absolute atomic E-state index is 0.0565. The summed E-state index contributed by atoms with van der Waals surface area (Å²) < 4.78 is 5.98. The molecule has 5 heteroatoms. The third kappa shape index (κ3) is 18.6. The Morgan fingerprint density at radius 3 is 1.14 bits per heavy atom. The molecule has 0 amide bonds. The molecule has 3 N–H and O–H groups in total. The van der Waals surface area contributed by atoms with E-state index < -0.39 is 5.41 Å². The lowest BCUT2D eigenvalue weighted by Gasteiger charge is -2.34. The van der Waals surface area contributed by atoms with Crippen molar-refractivity contribution in [3.05, 3.63) is 0 Å². The standard InChI is InChI=1S/C32H64O4S/c1-4-6-8-10-12-14-16-18-20-22-24-31(3,30(37)36-29-32(26-33,27-34)28-35)25-23-21-19-17-15-13-11-9-7-5-2/h33-35H,4-29H2,1-3H3. The maximum absolute atomic E-state index is 9.66. The second-order valence-corrected chi connectivity index (χ2v) is 12.3. The predicted octanol–water partition coefficient (Wildman–Crippen LogP) is 8.92. The minimum Gasteiger partial charge on any atom is -0.486 e. The van der Waals surface area contributed by atoms with Crippen molar-refractivity contribution >= 4 is 17.3 Å². The molecule has 0 aliphatic carbocycles. The maximum Gasteiger partial charge on any atom is 0.165 e. The predicted molar refractivity (Wildman–Crippen MR) is 163 cm³/mol. The molecule has 0 spiro atoms. The fraction of sp³-hybridized carbons (Fsp3) is 0.969. The minimum atomic E-state index is -1.04. The van der Waals surface area contributed by atoms with Gasteiger partial charge in [0.2, 0.25) is 0 Å². The average molecular weight is 545 g/mol. The zero-order valence-electron chi connectivity index (χ0n) is 25.0. The van der Waals surface area contributed by atoms with Crippen molar-refractivity contribution in [1.82, 2.24) is 0 Å². The van der Waals surface area contributed by atoms with Crippen LogP contribution in [0.15, 0.2) is 0 Å². The Morgan fingerprint density at radius 1 is 0.541 bits per heavy atom. The highest BCUT2D eigenvalue weighted by atomic mass is 32.1. The topological polar surface area (TPSA) is 69.9 Å². The van der Waals surface area contributed by atoms with Crippen LogP contribution >= 0.6 is 12.2 Å². The Morgan fingerprint density at radius 2 is 0.838 bits per heavy atom. The summed E-state index contributed by atoms with van der Waals surface area (Å²) in [4.78, 5) is 0. The Balaban J connectivity index is 4.51. The van der Waals surface area contributed by atoms with Crippen molar-refractivity contribution in [2.24, 2.45) is 10.8 Å². The normalized spacial score (nSPS) is 12.3. The number of thiocarbonyl (C=S) groups is 1. The summed E-state index contributed by atoms with van der Waals surface area (Å²) in [6.45, 7) is 5.85. The quantitative estimate of drug-likeness (QED) is 0.0677. The van der Waals surface area contributed by atoms with Crippen LogP contribution in [0, 0.1) is 10.8 Å². The van der Waals surface area contributed by atoms with Crippen LogP contribution in [-0.4, -0.2) is 46.8 Å². The van der Waals surface area contributed by atoms with E-state index in [2.05, 4.69) is 20.8 Å². The van der Waals surface area contributed by atoms with E-state index in [0.717, 1.165) is 25.7 Å². The van der Waals surface area contributed by atoms with Crippen LogP contribution in [0.3, 0.4) is 0 Å². The molecule has 0 aromatic rings. The summed E-state index contributed by atoms with van der Waals surface area (Å²) in [5, 5.41) is 29.6. The second kappa shape index (κ2) is 24.8. The molecule has 0 aromatic heterocycles. The first-order chi connectivity index (χ1) is 17.9. The fourth-order valence-corrected chi connectivity index (χ4v) is 5.28. The summed E-state index contributed by atoms with van der Waals surface area (Å²) in [6, 6.07) is 0. The van der Waals surface area contributed by atoms with Gasteiger partial charge in [-0.05, 0) is 25.1 Å². The van der Waals surface area contributed by atoms with E-state index in [1.165, 1.54) is 116 Å². The van der Waals surface area contributed by atoms with Gasteiger partial charge in [0.05, 0.1) is 25.2 Å². The van der Waals surface area contributed by atoms with Crippen molar-refractivity contribution < 1.29 is 20.1 Å². The average Bonchev–Trinajstić information content (AvgIpc) is 2.91. The third-order valence-electron chi connectivity index (χ3n) is 8.17. The van der Waals surface area contributed by atoms with Gasteiger partial charge in [-0.15, -0.1) is 0 Å². The van der Waals surface area contributed by atoms with E-state index in [-0.39, 0.29) is 31.8 Å². The first-order valence-corrected chi connectivity index (χ1v) is 16.3. The Hall–Kier alpha value is -0.230. The summed E-state index contributed by atoms with van der Waals surface area (Å²) >= 11 is 5.77. The van der Waals surface area contributed by atoms with E-state index in [1.54, 1.807) is 0 Å². The van der Waals surface area contributed by atoms with E-state index >= 15 is 0 Å². The molecule has 37 heavy (non-hydrogen) atoms. The van der Waals surface area contributed by atoms with E-state index in [4.69, 9.17) is 17.0 Å². The molecule has 4 nitrogen and oxygen atoms in total. The van der Waals surface area contributed by atoms with Gasteiger partial charge >= 0.3 is 0 Å². The molecule has 0 saturated heterocycles. The van der Waals surface area contributed by atoms with Crippen LogP contribution in [0.25, 0.3) is 0 Å². The lowest BCUT2D eigenvalue weighted by molar-refractivity contribution is -0.0312. The number of rotatable bonds is 28. The van der Waals surface area contributed by atoms with Gasteiger partial charge in [0.1, 0.15) is 6.61 Å². The monoisotopic (exact) mass is 544 g/mol. The van der Waals surface area contributed by atoms with E-state index in [9.17, 15) is 15.3 Å². The van der Waals surface area contributed by atoms with Crippen molar-refractivity contribution in [2.75, 3.05) is 26.4 Å². The molecule has 0 heterocycles. The highest BCUT2D eigenvalue weighted by Crippen LogP contribution is 2.35. The second-order valence-electron chi connectivity index (χ2n) is 12.0. The smallest absolute Gasteiger partial charge is 0.165 e. The molecule has 0 unspecified atom stereocenters. The van der Waals surface area contributed by atoms with Gasteiger partial charge in [-0.3, -0.25) is 0 Å². The fourth-order valence-electron chi connectivity index (χ4n) is 5.01. The highest BCUT2D eigenvalue weighted by Gasteiger charge is 2.34. The first kappa shape index (κ1) is 36.8. The largest absolute Gasteiger partial charge is 0.486 e. The number of hydrogen-bond acceptors (Lipinski definition) is 5. The van der Waals surface area contributed by atoms with E-state index in [1.807, 2.05) is 0 Å². The van der Waals surface area contributed by atoms with Crippen molar-refractivity contribution in [3.63, 3.8) is 0 Å². The molecule has 0 rings (SSSR count). The molecule has 0 bridgehead atoms. The van der Waals surface area contributed by atoms with Gasteiger partial charge in [-0.25, -0.2) is 0 Å². The van der Waals surface area contributed by atoms with E-state index in [0.29, 0.717) is 5.05 Å². The third-order valence-corrected chi connectivity index (χ3v) is 8.78. The Kier molecular flexibility index (Phi) is 24.6. The Bertz CT molecular complexity index is 475. The van der Waals surface area contributed by atoms with Gasteiger partial charge in [0.25, 0.3) is 0 Å². The molecule has 0 aliphatic heterocycles. The van der Waals surface area contributed by atoms with Crippen molar-refractivity contribution in [3.8, 4) is 0 Å². The van der Waals surface area contributed by atoms with Crippen LogP contribution in [0.5, 0.6) is 0 Å². The molecule has 0 saturated carbocycles. The molecule has 0 aliphatic rings. The summed E-state index contributed by atoms with van der Waals surface area (Å²) in [7, 11) is 0. The van der Waals surface area contributed by atoms with Gasteiger partial charge in [-0.1, -0.05) is 149 Å². The summed E-state index contributed by atoms with van der Waals surface area (Å²) in [5.74, 6) is 0. The van der Waals surface area contributed by atoms with Crippen LogP contribution in [-0.2, 0) is 4.74 Å². The van der Waals surface area contributed by atoms with Crippen LogP contribution < -0.4 is 0 Å². The van der Waals surface area contributed by atoms with Crippen LogP contribution in [0.4, 0.5) is 0 Å². The number of unbranched alkanes of at least 4 members (excludes halogenated alkanes) is 18. The summed E-state index contributed by atoms with van der Waals surface area (Å²) in [5.41, 5.74) is -1.22. The highest BCUT2D eigenvalue weighted by molar-refractivity contribution is 7.80. The van der Waals surface area contributed by atoms with Gasteiger partial charge in [0, 0.05) is 5.41 Å². The maximum atomic E-state index is 9.66. The van der Waals surface area contributed by atoms with Crippen molar-refractivity contribution in [1.29, 1.82) is 0 Å². The van der Waals surface area contributed by atoms with Crippen molar-refractivity contribution in [2.45, 2.75) is 162 Å². The SMILES string of the molecule is CCCCCCCCCCCCC(C)(CCCCCCCCCCCC)C(=S)OCC(CO)(CO)CO. The van der Waals surface area contributed by atoms with Crippen LogP contribution in [0.2, 0.25) is 0 Å². The molecule has 0 radical (unpaired) electrons. The molecule has 0 fully saturated rings. The summed E-state index contributed by atoms with van der Waals surface area (Å²) in [6.07, 6.45) is 28.4. The number of aliphatic hydroxyl groups excluding tert-OH is 3. The van der Waals surface area contributed by atoms with Gasteiger partial charge < -0.3 is 20.1 Å². The van der Waals surface area contributed by atoms with Gasteiger partial charge in [0.15, 0.2) is 5.05 Å². The number of ether oxygens (including phenoxy) is 1. The number of aliphatic hydroxyl groups is 3. The first-order valence-electron chi connectivity index (χ1n) is 15.9. The zero-order chi connectivity index (χ0) is 27.7. The lowest BCUT2D eigenvalue weighted by Crippen LogP contribution is -2.41. The molecular formula is C32H64O4S.